The molecule has 6 nitrogen and oxygen atoms in total. The number of hydrogen-bond donors (Lipinski definition) is 3. The number of Topliss-reactive ketones (excluding diaryl/α,β-unsaturated/α-hetero) is 1. The third-order valence-corrected chi connectivity index (χ3v) is 7.26. The summed E-state index contributed by atoms with van der Waals surface area (Å²) in [4.78, 5) is 37.9. The Balaban J connectivity index is 1.46. The zero-order chi connectivity index (χ0) is 25.5. The van der Waals surface area contributed by atoms with E-state index in [0.717, 1.165) is 47.6 Å². The second kappa shape index (κ2) is 12.0. The summed E-state index contributed by atoms with van der Waals surface area (Å²) in [5, 5.41) is 8.26. The van der Waals surface area contributed by atoms with Crippen LogP contribution in [0.2, 0.25) is 0 Å². The number of hydrogen-bond acceptors (Lipinski definition) is 4. The highest BCUT2D eigenvalue weighted by Gasteiger charge is 2.29. The van der Waals surface area contributed by atoms with Gasteiger partial charge in [-0.2, -0.15) is 0 Å². The monoisotopic (exact) mass is 485 g/mol. The average Bonchev–Trinajstić information content (AvgIpc) is 2.91. The van der Waals surface area contributed by atoms with E-state index in [0.29, 0.717) is 31.0 Å². The summed E-state index contributed by atoms with van der Waals surface area (Å²) < 4.78 is 0. The van der Waals surface area contributed by atoms with E-state index >= 15 is 0 Å². The lowest BCUT2D eigenvalue weighted by molar-refractivity contribution is -0.132. The van der Waals surface area contributed by atoms with Crippen LogP contribution in [0.5, 0.6) is 0 Å². The molecule has 3 aromatic rings. The number of ketones is 1. The lowest BCUT2D eigenvalue weighted by Crippen LogP contribution is -2.50. The Hall–Kier alpha value is -3.51. The van der Waals surface area contributed by atoms with Gasteiger partial charge in [-0.1, -0.05) is 66.7 Å². The van der Waals surface area contributed by atoms with Crippen LogP contribution in [0, 0.1) is 11.8 Å². The minimum atomic E-state index is -0.678. The number of rotatable bonds is 9. The lowest BCUT2D eigenvalue weighted by Gasteiger charge is -2.28. The molecule has 36 heavy (non-hydrogen) atoms. The first kappa shape index (κ1) is 25.6. The van der Waals surface area contributed by atoms with Crippen LogP contribution < -0.4 is 16.4 Å². The van der Waals surface area contributed by atoms with E-state index in [1.54, 1.807) is 12.1 Å². The average molecular weight is 486 g/mol. The van der Waals surface area contributed by atoms with Crippen LogP contribution in [-0.2, 0) is 22.6 Å². The van der Waals surface area contributed by atoms with Crippen LogP contribution in [-0.4, -0.2) is 30.2 Å². The molecule has 0 spiro atoms. The van der Waals surface area contributed by atoms with Crippen molar-refractivity contribution in [3.05, 3.63) is 83.4 Å². The Morgan fingerprint density at radius 1 is 0.889 bits per heavy atom. The minimum Gasteiger partial charge on any atom is -0.350 e. The number of carbonyl (C=O) groups excluding carboxylic acids is 3. The Bertz CT molecular complexity index is 1210. The highest BCUT2D eigenvalue weighted by atomic mass is 16.2. The molecule has 6 heteroatoms. The quantitative estimate of drug-likeness (QED) is 0.396. The van der Waals surface area contributed by atoms with Crippen molar-refractivity contribution in [1.29, 1.82) is 0 Å². The molecule has 4 N–H and O–H groups in total. The van der Waals surface area contributed by atoms with Crippen LogP contribution in [0.4, 0.5) is 0 Å². The predicted octanol–water partition coefficient (Wildman–Crippen LogP) is 4.15. The first-order chi connectivity index (χ1) is 17.4. The molecule has 1 fully saturated rings. The maximum Gasteiger partial charge on any atom is 0.243 e. The summed E-state index contributed by atoms with van der Waals surface area (Å²) in [6, 6.07) is 20.8. The molecule has 1 aliphatic carbocycles. The van der Waals surface area contributed by atoms with E-state index in [1.807, 2.05) is 42.5 Å². The molecule has 188 valence electrons. The molecule has 0 aliphatic heterocycles. The molecule has 3 aromatic carbocycles. The van der Waals surface area contributed by atoms with Crippen LogP contribution >= 0.6 is 0 Å². The molecule has 0 heterocycles. The summed E-state index contributed by atoms with van der Waals surface area (Å²) >= 11 is 0. The van der Waals surface area contributed by atoms with Crippen molar-refractivity contribution in [1.82, 2.24) is 10.6 Å². The fourth-order valence-electron chi connectivity index (χ4n) is 4.93. The van der Waals surface area contributed by atoms with Gasteiger partial charge in [0, 0.05) is 24.4 Å². The second-order valence-corrected chi connectivity index (χ2v) is 9.87. The number of amides is 2. The highest BCUT2D eigenvalue weighted by molar-refractivity contribution is 5.94. The molecule has 1 saturated carbocycles. The molecule has 0 aromatic heterocycles. The van der Waals surface area contributed by atoms with Gasteiger partial charge in [0.05, 0.1) is 0 Å². The smallest absolute Gasteiger partial charge is 0.243 e. The number of benzene rings is 3. The molecule has 1 unspecified atom stereocenters. The Morgan fingerprint density at radius 3 is 2.22 bits per heavy atom. The molecule has 2 amide bonds. The molecule has 4 rings (SSSR count). The van der Waals surface area contributed by atoms with Crippen molar-refractivity contribution in [3.63, 3.8) is 0 Å². The third-order valence-electron chi connectivity index (χ3n) is 7.26. The Labute approximate surface area is 212 Å². The molecule has 0 radical (unpaired) electrons. The van der Waals surface area contributed by atoms with Crippen molar-refractivity contribution in [2.24, 2.45) is 17.6 Å². The number of nitrogens with one attached hydrogen (secondary N) is 2. The van der Waals surface area contributed by atoms with Crippen molar-refractivity contribution >= 4 is 28.4 Å². The number of nitrogens with two attached hydrogens (primary N) is 1. The fraction of sp³-hybridized carbons (Fsp3) is 0.367. The minimum absolute atomic E-state index is 0.00393. The van der Waals surface area contributed by atoms with E-state index in [2.05, 4.69) is 22.8 Å². The largest absolute Gasteiger partial charge is 0.350 e. The van der Waals surface area contributed by atoms with Gasteiger partial charge in [-0.05, 0) is 67.0 Å². The molecular formula is C30H35N3O3. The first-order valence-electron chi connectivity index (χ1n) is 12.8. The topological polar surface area (TPSA) is 101 Å². The number of carbonyl (C=O) groups is 3. The number of fused-ring (bicyclic) bond motifs is 1. The normalized spacial score (nSPS) is 18.4. The Kier molecular flexibility index (Phi) is 8.49. The van der Waals surface area contributed by atoms with Gasteiger partial charge in [-0.3, -0.25) is 14.4 Å². The zero-order valence-corrected chi connectivity index (χ0v) is 20.8. The maximum absolute atomic E-state index is 13.3. The lowest BCUT2D eigenvalue weighted by atomic mass is 9.81. The summed E-state index contributed by atoms with van der Waals surface area (Å²) in [6.45, 7) is 2.51. The van der Waals surface area contributed by atoms with Gasteiger partial charge < -0.3 is 16.4 Å². The summed E-state index contributed by atoms with van der Waals surface area (Å²) in [6.07, 6.45) is 3.92. The molecule has 1 aliphatic rings. The summed E-state index contributed by atoms with van der Waals surface area (Å²) in [5.74, 6) is 0.128. The summed E-state index contributed by atoms with van der Waals surface area (Å²) in [5.41, 5.74) is 8.33. The molecule has 1 atom stereocenters. The van der Waals surface area contributed by atoms with E-state index in [4.69, 9.17) is 5.73 Å². The van der Waals surface area contributed by atoms with Crippen molar-refractivity contribution in [3.8, 4) is 0 Å². The van der Waals surface area contributed by atoms with Gasteiger partial charge in [0.15, 0.2) is 5.78 Å². The van der Waals surface area contributed by atoms with E-state index in [1.165, 1.54) is 6.92 Å². The highest BCUT2D eigenvalue weighted by Crippen LogP contribution is 2.28. The Morgan fingerprint density at radius 2 is 1.56 bits per heavy atom. The standard InChI is InChI=1S/C30H35N3O3/c1-20(34)24-11-8-22(9-12-24)19-32-30(36)28(33-29(35)26-14-6-21(18-31)7-15-26)17-23-10-13-25-4-2-3-5-27(25)16-23/h2-5,8-13,16,21,26,28H,6-7,14-15,17-19,31H2,1H3,(H,32,36)(H,33,35). The first-order valence-corrected chi connectivity index (χ1v) is 12.8. The van der Waals surface area contributed by atoms with Crippen LogP contribution in [0.3, 0.4) is 0 Å². The van der Waals surface area contributed by atoms with Crippen LogP contribution in [0.15, 0.2) is 66.7 Å². The van der Waals surface area contributed by atoms with E-state index in [-0.39, 0.29) is 23.5 Å². The fourth-order valence-corrected chi connectivity index (χ4v) is 4.93. The van der Waals surface area contributed by atoms with Gasteiger partial charge in [-0.25, -0.2) is 0 Å². The van der Waals surface area contributed by atoms with Crippen molar-refractivity contribution in [2.45, 2.75) is 51.6 Å². The van der Waals surface area contributed by atoms with Gasteiger partial charge >= 0.3 is 0 Å². The van der Waals surface area contributed by atoms with E-state index in [9.17, 15) is 14.4 Å². The van der Waals surface area contributed by atoms with Crippen LogP contribution in [0.1, 0.15) is 54.1 Å². The molecule has 0 saturated heterocycles. The van der Waals surface area contributed by atoms with Gasteiger partial charge in [0.25, 0.3) is 0 Å². The molecule has 0 bridgehead atoms. The maximum atomic E-state index is 13.3. The SMILES string of the molecule is CC(=O)c1ccc(CNC(=O)C(Cc2ccc3ccccc3c2)NC(=O)C2CCC(CN)CC2)cc1. The van der Waals surface area contributed by atoms with Gasteiger partial charge in [-0.15, -0.1) is 0 Å². The van der Waals surface area contributed by atoms with E-state index < -0.39 is 6.04 Å². The van der Waals surface area contributed by atoms with Crippen molar-refractivity contribution in [2.75, 3.05) is 6.54 Å². The van der Waals surface area contributed by atoms with Crippen LogP contribution in [0.25, 0.3) is 10.8 Å². The zero-order valence-electron chi connectivity index (χ0n) is 20.8. The van der Waals surface area contributed by atoms with Crippen molar-refractivity contribution < 1.29 is 14.4 Å². The van der Waals surface area contributed by atoms with Gasteiger partial charge in [0.2, 0.25) is 11.8 Å². The third kappa shape index (κ3) is 6.58. The van der Waals surface area contributed by atoms with Gasteiger partial charge in [0.1, 0.15) is 6.04 Å². The predicted molar refractivity (Wildman–Crippen MR) is 142 cm³/mol. The molecular weight excluding hydrogens is 450 g/mol. The second-order valence-electron chi connectivity index (χ2n) is 9.87. The summed E-state index contributed by atoms with van der Waals surface area (Å²) in [7, 11) is 0.